The zero-order valence-electron chi connectivity index (χ0n) is 11.9. The van der Waals surface area contributed by atoms with Gasteiger partial charge in [-0.1, -0.05) is 19.1 Å². The summed E-state index contributed by atoms with van der Waals surface area (Å²) < 4.78 is 5.14. The topological polar surface area (TPSA) is 71.3 Å². The van der Waals surface area contributed by atoms with E-state index in [0.717, 1.165) is 12.2 Å². The Morgan fingerprint density at radius 2 is 1.86 bits per heavy atom. The van der Waals surface area contributed by atoms with Crippen molar-refractivity contribution in [1.29, 1.82) is 0 Å². The smallest absolute Gasteiger partial charge is 0.313 e. The van der Waals surface area contributed by atoms with Gasteiger partial charge >= 0.3 is 11.8 Å². The first-order valence-electron chi connectivity index (χ1n) is 6.89. The van der Waals surface area contributed by atoms with Gasteiger partial charge in [0.15, 0.2) is 0 Å². The maximum absolute atomic E-state index is 11.7. The van der Waals surface area contributed by atoms with E-state index >= 15 is 0 Å². The molecule has 1 aromatic heterocycles. The number of aryl methyl sites for hydroxylation is 1. The van der Waals surface area contributed by atoms with Gasteiger partial charge in [-0.2, -0.15) is 0 Å². The molecule has 5 nitrogen and oxygen atoms in total. The fraction of sp³-hybridized carbons (Fsp3) is 0.250. The SMILES string of the molecule is CCc1ccc(NC(=O)C(=O)NCCc2ccco2)cc1. The maximum atomic E-state index is 11.7. The third-order valence-electron chi connectivity index (χ3n) is 3.06. The molecule has 2 aromatic rings. The molecule has 110 valence electrons. The highest BCUT2D eigenvalue weighted by Crippen LogP contribution is 2.09. The van der Waals surface area contributed by atoms with E-state index in [1.54, 1.807) is 24.5 Å². The number of carbonyl (C=O) groups excluding carboxylic acids is 2. The average molecular weight is 286 g/mol. The molecule has 2 rings (SSSR count). The number of amides is 2. The maximum Gasteiger partial charge on any atom is 0.313 e. The molecular formula is C16H18N2O3. The van der Waals surface area contributed by atoms with Crippen molar-refractivity contribution in [2.24, 2.45) is 0 Å². The molecule has 1 aromatic carbocycles. The second-order valence-electron chi connectivity index (χ2n) is 4.59. The Morgan fingerprint density at radius 3 is 2.48 bits per heavy atom. The quantitative estimate of drug-likeness (QED) is 0.827. The summed E-state index contributed by atoms with van der Waals surface area (Å²) in [6, 6.07) is 11.0. The van der Waals surface area contributed by atoms with Crippen LogP contribution in [0, 0.1) is 0 Å². The van der Waals surface area contributed by atoms with Crippen LogP contribution in [0.15, 0.2) is 47.1 Å². The van der Waals surface area contributed by atoms with Crippen LogP contribution in [0.25, 0.3) is 0 Å². The minimum absolute atomic E-state index is 0.356. The molecule has 2 amide bonds. The van der Waals surface area contributed by atoms with E-state index in [1.807, 2.05) is 18.2 Å². The Balaban J connectivity index is 1.77. The number of carbonyl (C=O) groups is 2. The van der Waals surface area contributed by atoms with Crippen molar-refractivity contribution < 1.29 is 14.0 Å². The lowest BCUT2D eigenvalue weighted by Gasteiger charge is -2.06. The van der Waals surface area contributed by atoms with E-state index in [0.29, 0.717) is 18.7 Å². The molecule has 1 heterocycles. The van der Waals surface area contributed by atoms with E-state index in [2.05, 4.69) is 17.6 Å². The number of hydrogen-bond donors (Lipinski definition) is 2. The monoisotopic (exact) mass is 286 g/mol. The van der Waals surface area contributed by atoms with Crippen LogP contribution in [-0.4, -0.2) is 18.4 Å². The molecule has 0 saturated carbocycles. The van der Waals surface area contributed by atoms with Gasteiger partial charge in [0.1, 0.15) is 5.76 Å². The molecule has 21 heavy (non-hydrogen) atoms. The van der Waals surface area contributed by atoms with E-state index in [1.165, 1.54) is 5.56 Å². The van der Waals surface area contributed by atoms with Crippen molar-refractivity contribution in [2.75, 3.05) is 11.9 Å². The standard InChI is InChI=1S/C16H18N2O3/c1-2-12-5-7-13(8-6-12)18-16(20)15(19)17-10-9-14-4-3-11-21-14/h3-8,11H,2,9-10H2,1H3,(H,17,19)(H,18,20). The molecule has 2 N–H and O–H groups in total. The molecule has 0 aliphatic heterocycles. The highest BCUT2D eigenvalue weighted by Gasteiger charge is 2.13. The summed E-state index contributed by atoms with van der Waals surface area (Å²) in [6.45, 7) is 2.41. The number of hydrogen-bond acceptors (Lipinski definition) is 3. The first kappa shape index (κ1) is 14.8. The predicted molar refractivity (Wildman–Crippen MR) is 79.9 cm³/mol. The zero-order valence-corrected chi connectivity index (χ0v) is 11.9. The summed E-state index contributed by atoms with van der Waals surface area (Å²) in [4.78, 5) is 23.4. The minimum atomic E-state index is -0.668. The molecule has 0 saturated heterocycles. The van der Waals surface area contributed by atoms with Crippen molar-refractivity contribution in [2.45, 2.75) is 19.8 Å². The first-order chi connectivity index (χ1) is 10.2. The van der Waals surface area contributed by atoms with Crippen molar-refractivity contribution >= 4 is 17.5 Å². The van der Waals surface area contributed by atoms with Crippen LogP contribution in [0.2, 0.25) is 0 Å². The predicted octanol–water partition coefficient (Wildman–Crippen LogP) is 2.14. The van der Waals surface area contributed by atoms with Crippen LogP contribution in [0.5, 0.6) is 0 Å². The minimum Gasteiger partial charge on any atom is -0.469 e. The summed E-state index contributed by atoms with van der Waals surface area (Å²) in [7, 11) is 0. The van der Waals surface area contributed by atoms with Crippen LogP contribution >= 0.6 is 0 Å². The molecule has 5 heteroatoms. The lowest BCUT2D eigenvalue weighted by atomic mass is 10.1. The molecule has 0 fully saturated rings. The van der Waals surface area contributed by atoms with Gasteiger partial charge in [0, 0.05) is 18.7 Å². The highest BCUT2D eigenvalue weighted by atomic mass is 16.3. The first-order valence-corrected chi connectivity index (χ1v) is 6.89. The van der Waals surface area contributed by atoms with E-state index in [9.17, 15) is 9.59 Å². The van der Waals surface area contributed by atoms with Crippen molar-refractivity contribution in [3.8, 4) is 0 Å². The summed E-state index contributed by atoms with van der Waals surface area (Å²) in [5.74, 6) is -0.550. The largest absolute Gasteiger partial charge is 0.469 e. The Morgan fingerprint density at radius 1 is 1.10 bits per heavy atom. The molecule has 0 atom stereocenters. The van der Waals surface area contributed by atoms with Gasteiger partial charge in [-0.15, -0.1) is 0 Å². The Labute approximate surface area is 123 Å². The Bertz CT molecular complexity index is 588. The zero-order chi connectivity index (χ0) is 15.1. The second-order valence-corrected chi connectivity index (χ2v) is 4.59. The molecule has 0 unspecified atom stereocenters. The van der Waals surface area contributed by atoms with Gasteiger partial charge in [-0.25, -0.2) is 0 Å². The summed E-state index contributed by atoms with van der Waals surface area (Å²) in [5, 5.41) is 5.11. The molecule has 0 bridgehead atoms. The van der Waals surface area contributed by atoms with E-state index < -0.39 is 11.8 Å². The lowest BCUT2D eigenvalue weighted by Crippen LogP contribution is -2.36. The van der Waals surface area contributed by atoms with Crippen LogP contribution < -0.4 is 10.6 Å². The molecular weight excluding hydrogens is 268 g/mol. The van der Waals surface area contributed by atoms with Gasteiger partial charge in [-0.3, -0.25) is 9.59 Å². The summed E-state index contributed by atoms with van der Waals surface area (Å²) in [5.41, 5.74) is 1.79. The lowest BCUT2D eigenvalue weighted by molar-refractivity contribution is -0.136. The van der Waals surface area contributed by atoms with Crippen LogP contribution in [0.1, 0.15) is 18.2 Å². The van der Waals surface area contributed by atoms with E-state index in [-0.39, 0.29) is 0 Å². The Hall–Kier alpha value is -2.56. The molecule has 0 radical (unpaired) electrons. The summed E-state index contributed by atoms with van der Waals surface area (Å²) >= 11 is 0. The summed E-state index contributed by atoms with van der Waals surface area (Å²) in [6.07, 6.45) is 3.06. The number of nitrogens with one attached hydrogen (secondary N) is 2. The third kappa shape index (κ3) is 4.49. The van der Waals surface area contributed by atoms with E-state index in [4.69, 9.17) is 4.42 Å². The highest BCUT2D eigenvalue weighted by molar-refractivity contribution is 6.39. The van der Waals surface area contributed by atoms with Crippen LogP contribution in [0.4, 0.5) is 5.69 Å². The number of furan rings is 1. The number of anilines is 1. The fourth-order valence-electron chi connectivity index (χ4n) is 1.85. The van der Waals surface area contributed by atoms with Crippen molar-refractivity contribution in [3.63, 3.8) is 0 Å². The molecule has 0 spiro atoms. The number of rotatable bonds is 5. The van der Waals surface area contributed by atoms with Crippen LogP contribution in [0.3, 0.4) is 0 Å². The van der Waals surface area contributed by atoms with Gasteiger partial charge < -0.3 is 15.1 Å². The normalized spacial score (nSPS) is 10.1. The molecule has 0 aliphatic rings. The van der Waals surface area contributed by atoms with Crippen molar-refractivity contribution in [3.05, 3.63) is 54.0 Å². The third-order valence-corrected chi connectivity index (χ3v) is 3.06. The average Bonchev–Trinajstić information content (AvgIpc) is 3.01. The fourth-order valence-corrected chi connectivity index (χ4v) is 1.85. The Kier molecular flexibility index (Phi) is 5.15. The second kappa shape index (κ2) is 7.28. The molecule has 0 aliphatic carbocycles. The number of benzene rings is 1. The van der Waals surface area contributed by atoms with Crippen molar-refractivity contribution in [1.82, 2.24) is 5.32 Å². The van der Waals surface area contributed by atoms with Gasteiger partial charge in [0.2, 0.25) is 0 Å². The van der Waals surface area contributed by atoms with Gasteiger partial charge in [0.05, 0.1) is 6.26 Å². The van der Waals surface area contributed by atoms with Crippen LogP contribution in [-0.2, 0) is 22.4 Å². The van der Waals surface area contributed by atoms with Gasteiger partial charge in [-0.05, 0) is 36.2 Å². The van der Waals surface area contributed by atoms with Gasteiger partial charge in [0.25, 0.3) is 0 Å².